The minimum absolute atomic E-state index is 0.150. The number of ketones is 1. The second kappa shape index (κ2) is 9.40. The lowest BCUT2D eigenvalue weighted by atomic mass is 10.1. The van der Waals surface area contributed by atoms with Crippen molar-refractivity contribution in [2.45, 2.75) is 18.7 Å². The van der Waals surface area contributed by atoms with Gasteiger partial charge < -0.3 is 5.32 Å². The van der Waals surface area contributed by atoms with Crippen LogP contribution in [-0.2, 0) is 14.8 Å². The molecule has 0 atom stereocenters. The van der Waals surface area contributed by atoms with Crippen molar-refractivity contribution in [2.75, 3.05) is 10.0 Å². The summed E-state index contributed by atoms with van der Waals surface area (Å²) in [5.41, 5.74) is 3.27. The summed E-state index contributed by atoms with van der Waals surface area (Å²) < 4.78 is 27.4. The fourth-order valence-electron chi connectivity index (χ4n) is 2.78. The van der Waals surface area contributed by atoms with Crippen LogP contribution in [0.4, 0.5) is 11.4 Å². The summed E-state index contributed by atoms with van der Waals surface area (Å²) in [5, 5.41) is 2.68. The zero-order valence-corrected chi connectivity index (χ0v) is 17.9. The molecule has 6 nitrogen and oxygen atoms in total. The molecule has 3 rings (SSSR count). The van der Waals surface area contributed by atoms with E-state index in [0.717, 1.165) is 11.1 Å². The highest BCUT2D eigenvalue weighted by molar-refractivity contribution is 7.92. The van der Waals surface area contributed by atoms with Crippen molar-refractivity contribution in [1.82, 2.24) is 0 Å². The molecule has 0 radical (unpaired) electrons. The summed E-state index contributed by atoms with van der Waals surface area (Å²) in [5.74, 6) is -0.359. The van der Waals surface area contributed by atoms with Gasteiger partial charge in [0.25, 0.3) is 10.0 Å². The Morgan fingerprint density at radius 3 is 1.97 bits per heavy atom. The van der Waals surface area contributed by atoms with Gasteiger partial charge in [-0.2, -0.15) is 0 Å². The highest BCUT2D eigenvalue weighted by Gasteiger charge is 2.14. The van der Waals surface area contributed by atoms with E-state index in [-0.39, 0.29) is 16.6 Å². The molecule has 0 aromatic heterocycles. The molecule has 0 fully saturated rings. The van der Waals surface area contributed by atoms with Crippen molar-refractivity contribution in [3.8, 4) is 0 Å². The van der Waals surface area contributed by atoms with Crippen LogP contribution in [0, 0.1) is 6.92 Å². The molecule has 7 heteroatoms. The first-order valence-electron chi connectivity index (χ1n) is 9.52. The number of carbonyl (C=O) groups excluding carboxylic acids is 2. The summed E-state index contributed by atoms with van der Waals surface area (Å²) >= 11 is 0. The standard InChI is InChI=1S/C24H22N2O4S/c1-17-3-14-23(15-4-17)31(29,30)26-22-12-8-20(9-13-22)24(28)16-7-19-5-10-21(11-6-19)25-18(2)27/h3-16,26H,1-2H3,(H,25,27)/b16-7+. The maximum Gasteiger partial charge on any atom is 0.261 e. The van der Waals surface area contributed by atoms with Gasteiger partial charge in [-0.25, -0.2) is 8.42 Å². The van der Waals surface area contributed by atoms with Gasteiger partial charge in [0.1, 0.15) is 0 Å². The average Bonchev–Trinajstić information content (AvgIpc) is 2.73. The molecule has 1 amide bonds. The van der Waals surface area contributed by atoms with Gasteiger partial charge in [0, 0.05) is 23.9 Å². The zero-order valence-electron chi connectivity index (χ0n) is 17.1. The van der Waals surface area contributed by atoms with Gasteiger partial charge in [-0.1, -0.05) is 35.9 Å². The van der Waals surface area contributed by atoms with E-state index in [1.165, 1.54) is 13.0 Å². The van der Waals surface area contributed by atoms with Crippen molar-refractivity contribution >= 4 is 39.2 Å². The minimum atomic E-state index is -3.70. The molecule has 0 aliphatic heterocycles. The van der Waals surface area contributed by atoms with E-state index in [4.69, 9.17) is 0 Å². The molecule has 0 bridgehead atoms. The molecule has 3 aromatic rings. The Kier molecular flexibility index (Phi) is 6.67. The van der Waals surface area contributed by atoms with Crippen LogP contribution in [-0.4, -0.2) is 20.1 Å². The smallest absolute Gasteiger partial charge is 0.261 e. The number of carbonyl (C=O) groups is 2. The fourth-order valence-corrected chi connectivity index (χ4v) is 3.84. The van der Waals surface area contributed by atoms with Crippen molar-refractivity contribution in [3.63, 3.8) is 0 Å². The third-order valence-corrected chi connectivity index (χ3v) is 5.81. The number of benzene rings is 3. The lowest BCUT2D eigenvalue weighted by Gasteiger charge is -2.08. The molecule has 31 heavy (non-hydrogen) atoms. The van der Waals surface area contributed by atoms with Crippen LogP contribution >= 0.6 is 0 Å². The van der Waals surface area contributed by atoms with Crippen molar-refractivity contribution in [3.05, 3.63) is 95.6 Å². The summed E-state index contributed by atoms with van der Waals surface area (Å²) in [7, 11) is -3.70. The predicted molar refractivity (Wildman–Crippen MR) is 123 cm³/mol. The maximum absolute atomic E-state index is 12.5. The van der Waals surface area contributed by atoms with Gasteiger partial charge in [0.2, 0.25) is 5.91 Å². The number of aryl methyl sites for hydroxylation is 1. The first-order chi connectivity index (χ1) is 14.7. The molecular formula is C24H22N2O4S. The fraction of sp³-hybridized carbons (Fsp3) is 0.0833. The quantitative estimate of drug-likeness (QED) is 0.418. The van der Waals surface area contributed by atoms with E-state index in [9.17, 15) is 18.0 Å². The molecule has 3 aromatic carbocycles. The molecule has 0 aliphatic carbocycles. The van der Waals surface area contributed by atoms with Crippen molar-refractivity contribution in [1.29, 1.82) is 0 Å². The van der Waals surface area contributed by atoms with Gasteiger partial charge in [-0.3, -0.25) is 14.3 Å². The van der Waals surface area contributed by atoms with Gasteiger partial charge in [0.05, 0.1) is 4.90 Å². The second-order valence-electron chi connectivity index (χ2n) is 7.00. The Hall–Kier alpha value is -3.71. The van der Waals surface area contributed by atoms with E-state index in [2.05, 4.69) is 10.0 Å². The Morgan fingerprint density at radius 1 is 0.806 bits per heavy atom. The first kappa shape index (κ1) is 22.0. The largest absolute Gasteiger partial charge is 0.326 e. The lowest BCUT2D eigenvalue weighted by molar-refractivity contribution is -0.114. The molecule has 0 spiro atoms. The summed E-state index contributed by atoms with van der Waals surface area (Å²) in [4.78, 5) is 23.6. The highest BCUT2D eigenvalue weighted by Crippen LogP contribution is 2.18. The van der Waals surface area contributed by atoms with Gasteiger partial charge >= 0.3 is 0 Å². The number of rotatable bonds is 7. The number of hydrogen-bond donors (Lipinski definition) is 2. The van der Waals surface area contributed by atoms with Gasteiger partial charge in [-0.05, 0) is 67.1 Å². The van der Waals surface area contributed by atoms with Crippen molar-refractivity contribution < 1.29 is 18.0 Å². The van der Waals surface area contributed by atoms with Crippen LogP contribution < -0.4 is 10.0 Å². The molecule has 158 valence electrons. The van der Waals surface area contributed by atoms with Crippen LogP contribution in [0.15, 0.2) is 83.8 Å². The molecule has 0 unspecified atom stereocenters. The maximum atomic E-state index is 12.5. The van der Waals surface area contributed by atoms with E-state index < -0.39 is 10.0 Å². The molecule has 0 aliphatic rings. The molecule has 0 heterocycles. The summed E-state index contributed by atoms with van der Waals surface area (Å²) in [6.45, 7) is 3.32. The molecule has 0 saturated carbocycles. The third-order valence-electron chi connectivity index (χ3n) is 4.41. The molecule has 2 N–H and O–H groups in total. The number of hydrogen-bond acceptors (Lipinski definition) is 4. The summed E-state index contributed by atoms with van der Waals surface area (Å²) in [6, 6.07) is 19.9. The second-order valence-corrected chi connectivity index (χ2v) is 8.68. The number of allylic oxidation sites excluding steroid dienone is 1. The van der Waals surface area contributed by atoms with Crippen LogP contribution in [0.3, 0.4) is 0 Å². The van der Waals surface area contributed by atoms with Gasteiger partial charge in [-0.15, -0.1) is 0 Å². The SMILES string of the molecule is CC(=O)Nc1ccc(/C=C/C(=O)c2ccc(NS(=O)(=O)c3ccc(C)cc3)cc2)cc1. The predicted octanol–water partition coefficient (Wildman–Crippen LogP) is 4.65. The normalized spacial score (nSPS) is 11.3. The molecule has 0 saturated heterocycles. The topological polar surface area (TPSA) is 92.3 Å². The number of amides is 1. The number of nitrogens with one attached hydrogen (secondary N) is 2. The lowest BCUT2D eigenvalue weighted by Crippen LogP contribution is -2.13. The Bertz CT molecular complexity index is 1210. The van der Waals surface area contributed by atoms with Crippen LogP contribution in [0.5, 0.6) is 0 Å². The Balaban J connectivity index is 1.65. The van der Waals surface area contributed by atoms with E-state index >= 15 is 0 Å². The summed E-state index contributed by atoms with van der Waals surface area (Å²) in [6.07, 6.45) is 3.12. The zero-order chi connectivity index (χ0) is 22.4. The number of sulfonamides is 1. The van der Waals surface area contributed by atoms with Crippen molar-refractivity contribution in [2.24, 2.45) is 0 Å². The Labute approximate surface area is 181 Å². The highest BCUT2D eigenvalue weighted by atomic mass is 32.2. The Morgan fingerprint density at radius 2 is 1.39 bits per heavy atom. The van der Waals surface area contributed by atoms with E-state index in [0.29, 0.717) is 16.9 Å². The number of anilines is 2. The average molecular weight is 435 g/mol. The van der Waals surface area contributed by atoms with Gasteiger partial charge in [0.15, 0.2) is 5.78 Å². The first-order valence-corrected chi connectivity index (χ1v) is 11.0. The van der Waals surface area contributed by atoms with Crippen LogP contribution in [0.25, 0.3) is 6.08 Å². The minimum Gasteiger partial charge on any atom is -0.326 e. The van der Waals surface area contributed by atoms with Crippen LogP contribution in [0.2, 0.25) is 0 Å². The van der Waals surface area contributed by atoms with E-state index in [1.54, 1.807) is 78.9 Å². The van der Waals surface area contributed by atoms with Crippen LogP contribution in [0.1, 0.15) is 28.4 Å². The van der Waals surface area contributed by atoms with E-state index in [1.807, 2.05) is 6.92 Å². The third kappa shape index (κ3) is 6.13. The monoisotopic (exact) mass is 434 g/mol. The molecular weight excluding hydrogens is 412 g/mol.